The Balaban J connectivity index is 1.88. The highest BCUT2D eigenvalue weighted by Gasteiger charge is 2.37. The number of hydrogen-bond acceptors (Lipinski definition) is 2. The largest absolute Gasteiger partial charge is 0.481 e. The van der Waals surface area contributed by atoms with Crippen LogP contribution < -0.4 is 0 Å². The zero-order valence-corrected chi connectivity index (χ0v) is 20.9. The number of carboxylic acid groups (broad SMARTS) is 1. The molecule has 1 rings (SSSR count). The number of carbonyl (C=O) groups is 1. The Labute approximate surface area is 193 Å². The van der Waals surface area contributed by atoms with E-state index in [0.29, 0.717) is 23.7 Å². The van der Waals surface area contributed by atoms with E-state index in [1.165, 1.54) is 89.9 Å². The van der Waals surface area contributed by atoms with Crippen LogP contribution in [0.5, 0.6) is 0 Å². The monoisotopic (exact) mass is 436 g/mol. The average Bonchev–Trinajstić information content (AvgIpc) is 2.69. The van der Waals surface area contributed by atoms with Gasteiger partial charge < -0.3 is 10.2 Å². The van der Waals surface area contributed by atoms with Gasteiger partial charge in [-0.05, 0) is 75.0 Å². The number of aliphatic hydroxyl groups excluding tert-OH is 1. The van der Waals surface area contributed by atoms with Gasteiger partial charge in [-0.25, -0.2) is 0 Å². The fourth-order valence-corrected chi connectivity index (χ4v) is 5.30. The number of rotatable bonds is 18. The van der Waals surface area contributed by atoms with E-state index in [0.717, 1.165) is 19.3 Å². The molecule has 3 unspecified atom stereocenters. The number of aliphatic hydroxyl groups is 1. The SMILES string of the molecule is CC(C)C1CCC(C)(CCCCCCCC/C=C\CCCCCCCC(=O)O)CC1O. The molecule has 182 valence electrons. The highest BCUT2D eigenvalue weighted by atomic mass is 16.4. The van der Waals surface area contributed by atoms with E-state index in [4.69, 9.17) is 5.11 Å². The molecule has 1 aliphatic carbocycles. The lowest BCUT2D eigenvalue weighted by atomic mass is 9.65. The average molecular weight is 437 g/mol. The molecule has 0 bridgehead atoms. The van der Waals surface area contributed by atoms with Crippen molar-refractivity contribution in [3.05, 3.63) is 12.2 Å². The maximum Gasteiger partial charge on any atom is 0.303 e. The first kappa shape index (κ1) is 28.2. The standard InChI is InChI=1S/C28H52O3/c1-24(2)25-20-22-28(3,23-26(25)29)21-18-16-14-12-10-8-6-4-5-7-9-11-13-15-17-19-27(30)31/h4-5,24-26,29H,6-23H2,1-3H3,(H,30,31)/b5-4-. The maximum absolute atomic E-state index is 10.5. The van der Waals surface area contributed by atoms with Crippen LogP contribution in [-0.4, -0.2) is 22.3 Å². The van der Waals surface area contributed by atoms with Crippen LogP contribution in [0.3, 0.4) is 0 Å². The third-order valence-corrected chi connectivity index (χ3v) is 7.46. The molecule has 0 saturated heterocycles. The molecule has 1 fully saturated rings. The molecular weight excluding hydrogens is 384 g/mol. The summed E-state index contributed by atoms with van der Waals surface area (Å²) in [5.41, 5.74) is 0.369. The Hall–Kier alpha value is -0.830. The third kappa shape index (κ3) is 14.0. The second-order valence-electron chi connectivity index (χ2n) is 10.9. The maximum atomic E-state index is 10.5. The van der Waals surface area contributed by atoms with Gasteiger partial charge in [0, 0.05) is 6.42 Å². The summed E-state index contributed by atoms with van der Waals surface area (Å²) in [5.74, 6) is 0.450. The van der Waals surface area contributed by atoms with Gasteiger partial charge in [-0.3, -0.25) is 4.79 Å². The van der Waals surface area contributed by atoms with Gasteiger partial charge in [0.25, 0.3) is 0 Å². The molecule has 1 aliphatic rings. The first-order valence-electron chi connectivity index (χ1n) is 13.4. The molecule has 1 saturated carbocycles. The number of unbranched alkanes of at least 4 members (excludes halogenated alkanes) is 11. The summed E-state index contributed by atoms with van der Waals surface area (Å²) in [6.45, 7) is 6.91. The van der Waals surface area contributed by atoms with Gasteiger partial charge in [0.15, 0.2) is 0 Å². The van der Waals surface area contributed by atoms with Gasteiger partial charge in [0.2, 0.25) is 0 Å². The quantitative estimate of drug-likeness (QED) is 0.168. The summed E-state index contributed by atoms with van der Waals surface area (Å²) in [6, 6.07) is 0. The van der Waals surface area contributed by atoms with E-state index in [-0.39, 0.29) is 6.10 Å². The van der Waals surface area contributed by atoms with Gasteiger partial charge in [-0.1, -0.05) is 84.3 Å². The van der Waals surface area contributed by atoms with Crippen molar-refractivity contribution in [1.29, 1.82) is 0 Å². The van der Waals surface area contributed by atoms with E-state index in [1.54, 1.807) is 0 Å². The molecule has 3 heteroatoms. The van der Waals surface area contributed by atoms with Gasteiger partial charge in [-0.15, -0.1) is 0 Å². The number of allylic oxidation sites excluding steroid dienone is 2. The fraction of sp³-hybridized carbons (Fsp3) is 0.893. The molecule has 0 amide bonds. The van der Waals surface area contributed by atoms with Crippen LogP contribution in [0.25, 0.3) is 0 Å². The first-order valence-corrected chi connectivity index (χ1v) is 13.4. The minimum atomic E-state index is -0.669. The molecule has 0 aromatic carbocycles. The fourth-order valence-electron chi connectivity index (χ4n) is 5.30. The summed E-state index contributed by atoms with van der Waals surface area (Å²) in [7, 11) is 0. The van der Waals surface area contributed by atoms with Crippen LogP contribution in [0.1, 0.15) is 136 Å². The lowest BCUT2D eigenvalue weighted by Gasteiger charge is -2.42. The number of hydrogen-bond donors (Lipinski definition) is 2. The molecule has 0 spiro atoms. The predicted octanol–water partition coefficient (Wildman–Crippen LogP) is 8.30. The molecule has 3 nitrogen and oxygen atoms in total. The Kier molecular flexibility index (Phi) is 15.2. The molecule has 3 atom stereocenters. The summed E-state index contributed by atoms with van der Waals surface area (Å²) < 4.78 is 0. The molecular formula is C28H52O3. The van der Waals surface area contributed by atoms with Crippen molar-refractivity contribution in [2.45, 2.75) is 142 Å². The van der Waals surface area contributed by atoms with Crippen molar-refractivity contribution < 1.29 is 15.0 Å². The van der Waals surface area contributed by atoms with Gasteiger partial charge in [0.05, 0.1) is 6.10 Å². The van der Waals surface area contributed by atoms with Crippen molar-refractivity contribution >= 4 is 5.97 Å². The second kappa shape index (κ2) is 16.8. The molecule has 0 aliphatic heterocycles. The summed E-state index contributed by atoms with van der Waals surface area (Å²) in [4.78, 5) is 10.4. The van der Waals surface area contributed by atoms with E-state index < -0.39 is 5.97 Å². The highest BCUT2D eigenvalue weighted by Crippen LogP contribution is 2.44. The predicted molar refractivity (Wildman–Crippen MR) is 132 cm³/mol. The Morgan fingerprint density at radius 2 is 1.42 bits per heavy atom. The summed E-state index contributed by atoms with van der Waals surface area (Å²) >= 11 is 0. The normalized spacial score (nSPS) is 24.3. The van der Waals surface area contributed by atoms with Crippen LogP contribution in [0.15, 0.2) is 12.2 Å². The van der Waals surface area contributed by atoms with Crippen LogP contribution >= 0.6 is 0 Å². The summed E-state index contributed by atoms with van der Waals surface area (Å²) in [5, 5.41) is 19.1. The van der Waals surface area contributed by atoms with Crippen molar-refractivity contribution in [2.75, 3.05) is 0 Å². The molecule has 2 N–H and O–H groups in total. The van der Waals surface area contributed by atoms with Gasteiger partial charge >= 0.3 is 5.97 Å². The minimum absolute atomic E-state index is 0.0874. The van der Waals surface area contributed by atoms with Crippen molar-refractivity contribution in [1.82, 2.24) is 0 Å². The third-order valence-electron chi connectivity index (χ3n) is 7.46. The molecule has 0 aromatic heterocycles. The summed E-state index contributed by atoms with van der Waals surface area (Å²) in [6.07, 6.45) is 25.7. The number of aliphatic carboxylic acids is 1. The van der Waals surface area contributed by atoms with Crippen LogP contribution in [0, 0.1) is 17.3 Å². The minimum Gasteiger partial charge on any atom is -0.481 e. The number of carboxylic acids is 1. The van der Waals surface area contributed by atoms with E-state index in [1.807, 2.05) is 0 Å². The van der Waals surface area contributed by atoms with Crippen LogP contribution in [0.2, 0.25) is 0 Å². The van der Waals surface area contributed by atoms with Gasteiger partial charge in [0.1, 0.15) is 0 Å². The van der Waals surface area contributed by atoms with Crippen LogP contribution in [0.4, 0.5) is 0 Å². The lowest BCUT2D eigenvalue weighted by Crippen LogP contribution is -2.37. The molecule has 0 heterocycles. The Morgan fingerprint density at radius 3 is 1.94 bits per heavy atom. The zero-order valence-electron chi connectivity index (χ0n) is 20.9. The van der Waals surface area contributed by atoms with E-state index >= 15 is 0 Å². The van der Waals surface area contributed by atoms with Gasteiger partial charge in [-0.2, -0.15) is 0 Å². The lowest BCUT2D eigenvalue weighted by molar-refractivity contribution is -0.137. The Bertz CT molecular complexity index is 485. The van der Waals surface area contributed by atoms with Crippen molar-refractivity contribution in [3.63, 3.8) is 0 Å². The van der Waals surface area contributed by atoms with Crippen molar-refractivity contribution in [2.24, 2.45) is 17.3 Å². The zero-order chi connectivity index (χ0) is 23.0. The molecule has 0 aromatic rings. The Morgan fingerprint density at radius 1 is 0.903 bits per heavy atom. The highest BCUT2D eigenvalue weighted by molar-refractivity contribution is 5.66. The second-order valence-corrected chi connectivity index (χ2v) is 10.9. The molecule has 31 heavy (non-hydrogen) atoms. The topological polar surface area (TPSA) is 57.5 Å². The van der Waals surface area contributed by atoms with Crippen molar-refractivity contribution in [3.8, 4) is 0 Å². The molecule has 0 radical (unpaired) electrons. The smallest absolute Gasteiger partial charge is 0.303 e. The first-order chi connectivity index (χ1) is 14.8. The van der Waals surface area contributed by atoms with E-state index in [2.05, 4.69) is 32.9 Å². The van der Waals surface area contributed by atoms with Crippen LogP contribution in [-0.2, 0) is 4.79 Å². The van der Waals surface area contributed by atoms with E-state index in [9.17, 15) is 9.90 Å².